The molecule has 0 atom stereocenters. The third-order valence-electron chi connectivity index (χ3n) is 2.29. The molecule has 0 aromatic heterocycles. The van der Waals surface area contributed by atoms with E-state index in [1.54, 1.807) is 5.41 Å². The molecule has 3 N–H and O–H groups in total. The minimum Gasteiger partial charge on any atom is -0.398 e. The monoisotopic (exact) mass is 192 g/mol. The van der Waals surface area contributed by atoms with E-state index in [0.29, 0.717) is 0 Å². The second kappa shape index (κ2) is 3.34. The number of anilines is 1. The zero-order valence-corrected chi connectivity index (χ0v) is 8.14. The number of fused-ring (bicyclic) bond motifs is 1. The van der Waals surface area contributed by atoms with Crippen molar-refractivity contribution < 1.29 is 0 Å². The molecule has 68 valence electrons. The van der Waals surface area contributed by atoms with E-state index in [4.69, 9.17) is 5.73 Å². The third-order valence-corrected chi connectivity index (χ3v) is 2.57. The van der Waals surface area contributed by atoms with Crippen molar-refractivity contribution in [2.24, 2.45) is 5.73 Å². The first-order valence-corrected chi connectivity index (χ1v) is 4.80. The lowest BCUT2D eigenvalue weighted by Gasteiger charge is -2.03. The predicted octanol–water partition coefficient (Wildman–Crippen LogP) is 1.84. The minimum atomic E-state index is 0.720. The zero-order chi connectivity index (χ0) is 9.26. The van der Waals surface area contributed by atoms with Gasteiger partial charge in [0, 0.05) is 17.9 Å². The van der Waals surface area contributed by atoms with Crippen molar-refractivity contribution in [1.82, 2.24) is 0 Å². The Morgan fingerprint density at radius 3 is 3.15 bits per heavy atom. The molecule has 1 heterocycles. The lowest BCUT2D eigenvalue weighted by Crippen LogP contribution is -1.95. The van der Waals surface area contributed by atoms with Crippen LogP contribution in [0, 0.1) is 0 Å². The average molecular weight is 192 g/mol. The summed E-state index contributed by atoms with van der Waals surface area (Å²) >= 11 is 4.03. The maximum absolute atomic E-state index is 5.75. The van der Waals surface area contributed by atoms with Crippen LogP contribution < -0.4 is 11.1 Å². The van der Waals surface area contributed by atoms with E-state index >= 15 is 0 Å². The van der Waals surface area contributed by atoms with Crippen LogP contribution in [0.25, 0.3) is 5.70 Å². The summed E-state index contributed by atoms with van der Waals surface area (Å²) < 4.78 is 0. The molecule has 0 unspecified atom stereocenters. The summed E-state index contributed by atoms with van der Waals surface area (Å²) in [5.74, 6) is 0. The van der Waals surface area contributed by atoms with Gasteiger partial charge < -0.3 is 11.1 Å². The van der Waals surface area contributed by atoms with Crippen molar-refractivity contribution in [1.29, 1.82) is 0 Å². The van der Waals surface area contributed by atoms with Crippen LogP contribution in [-0.2, 0) is 6.42 Å². The molecule has 1 aromatic carbocycles. The van der Waals surface area contributed by atoms with E-state index < -0.39 is 0 Å². The molecular weight excluding hydrogens is 180 g/mol. The second-order valence-electron chi connectivity index (χ2n) is 3.13. The maximum Gasteiger partial charge on any atom is 0.0449 e. The number of hydrogen-bond donors (Lipinski definition) is 3. The molecule has 3 heteroatoms. The molecule has 2 nitrogen and oxygen atoms in total. The average Bonchev–Trinajstić information content (AvgIpc) is 2.63. The van der Waals surface area contributed by atoms with Crippen LogP contribution in [0.1, 0.15) is 11.1 Å². The van der Waals surface area contributed by atoms with Gasteiger partial charge in [-0.2, -0.15) is 0 Å². The second-order valence-corrected chi connectivity index (χ2v) is 3.39. The van der Waals surface area contributed by atoms with Gasteiger partial charge in [-0.15, -0.1) is 12.6 Å². The fourth-order valence-corrected chi connectivity index (χ4v) is 1.71. The van der Waals surface area contributed by atoms with E-state index in [9.17, 15) is 0 Å². The molecule has 0 bridgehead atoms. The molecule has 13 heavy (non-hydrogen) atoms. The topological polar surface area (TPSA) is 38.0 Å². The van der Waals surface area contributed by atoms with Crippen LogP contribution in [0.3, 0.4) is 0 Å². The Kier molecular flexibility index (Phi) is 2.19. The minimum absolute atomic E-state index is 0.720. The van der Waals surface area contributed by atoms with Gasteiger partial charge in [0.05, 0.1) is 0 Å². The van der Waals surface area contributed by atoms with Gasteiger partial charge in [0.25, 0.3) is 0 Å². The summed E-state index contributed by atoms with van der Waals surface area (Å²) in [5, 5.41) is 4.93. The highest BCUT2D eigenvalue weighted by atomic mass is 32.1. The predicted molar refractivity (Wildman–Crippen MR) is 59.8 cm³/mol. The number of hydrogen-bond acceptors (Lipinski definition) is 3. The van der Waals surface area contributed by atoms with Crippen molar-refractivity contribution in [3.05, 3.63) is 34.7 Å². The van der Waals surface area contributed by atoms with Crippen LogP contribution >= 0.6 is 12.6 Å². The standard InChI is InChI=1S/C10H12N2S/c11-9(6-13)7-1-2-10-8(5-7)3-4-12-10/h1-2,5-6,12-13H,3-4,11H2/b9-6-. The molecule has 0 amide bonds. The number of nitrogens with two attached hydrogens (primary N) is 1. The quantitative estimate of drug-likeness (QED) is 0.594. The third kappa shape index (κ3) is 1.52. The Labute approximate surface area is 83.2 Å². The Bertz CT molecular complexity index is 358. The number of rotatable bonds is 1. The fourth-order valence-electron chi connectivity index (χ4n) is 1.56. The number of benzene rings is 1. The van der Waals surface area contributed by atoms with Gasteiger partial charge in [-0.05, 0) is 35.1 Å². The van der Waals surface area contributed by atoms with Crippen LogP contribution in [0.5, 0.6) is 0 Å². The molecule has 0 fully saturated rings. The van der Waals surface area contributed by atoms with Gasteiger partial charge in [-0.25, -0.2) is 0 Å². The normalized spacial score (nSPS) is 15.3. The van der Waals surface area contributed by atoms with Gasteiger partial charge in [0.15, 0.2) is 0 Å². The molecule has 0 saturated heterocycles. The summed E-state index contributed by atoms with van der Waals surface area (Å²) in [6, 6.07) is 6.21. The van der Waals surface area contributed by atoms with E-state index in [1.807, 2.05) is 6.07 Å². The Morgan fingerprint density at radius 1 is 1.54 bits per heavy atom. The number of nitrogens with one attached hydrogen (secondary N) is 1. The Balaban J connectivity index is 2.41. The van der Waals surface area contributed by atoms with Crippen LogP contribution in [0.2, 0.25) is 0 Å². The Hall–Kier alpha value is -1.09. The zero-order valence-electron chi connectivity index (χ0n) is 7.25. The van der Waals surface area contributed by atoms with E-state index in [-0.39, 0.29) is 0 Å². The first kappa shape index (κ1) is 8.51. The van der Waals surface area contributed by atoms with Crippen molar-refractivity contribution in [3.8, 4) is 0 Å². The van der Waals surface area contributed by atoms with Crippen molar-refractivity contribution in [3.63, 3.8) is 0 Å². The summed E-state index contributed by atoms with van der Waals surface area (Å²) in [5.41, 5.74) is 10.1. The highest BCUT2D eigenvalue weighted by Gasteiger charge is 2.10. The summed E-state index contributed by atoms with van der Waals surface area (Å²) in [6.07, 6.45) is 1.09. The van der Waals surface area contributed by atoms with Gasteiger partial charge in [0.2, 0.25) is 0 Å². The highest BCUT2D eigenvalue weighted by Crippen LogP contribution is 2.24. The fraction of sp³-hybridized carbons (Fsp3) is 0.200. The first-order chi connectivity index (χ1) is 6.31. The van der Waals surface area contributed by atoms with Gasteiger partial charge in [0.1, 0.15) is 0 Å². The van der Waals surface area contributed by atoms with Gasteiger partial charge in [-0.3, -0.25) is 0 Å². The lowest BCUT2D eigenvalue weighted by atomic mass is 10.1. The lowest BCUT2D eigenvalue weighted by molar-refractivity contribution is 1.10. The van der Waals surface area contributed by atoms with Gasteiger partial charge in [-0.1, -0.05) is 6.07 Å². The molecular formula is C10H12N2S. The Morgan fingerprint density at radius 2 is 2.38 bits per heavy atom. The van der Waals surface area contributed by atoms with Crippen LogP contribution in [-0.4, -0.2) is 6.54 Å². The van der Waals surface area contributed by atoms with Crippen molar-refractivity contribution in [2.45, 2.75) is 6.42 Å². The van der Waals surface area contributed by atoms with Crippen molar-refractivity contribution >= 4 is 24.0 Å². The molecule has 1 aliphatic rings. The van der Waals surface area contributed by atoms with E-state index in [1.165, 1.54) is 11.3 Å². The molecule has 0 spiro atoms. The van der Waals surface area contributed by atoms with Crippen LogP contribution in [0.4, 0.5) is 5.69 Å². The smallest absolute Gasteiger partial charge is 0.0449 e. The first-order valence-electron chi connectivity index (χ1n) is 4.28. The highest BCUT2D eigenvalue weighted by molar-refractivity contribution is 7.83. The molecule has 0 aliphatic carbocycles. The molecule has 1 aromatic rings. The summed E-state index contributed by atoms with van der Waals surface area (Å²) in [7, 11) is 0. The summed E-state index contributed by atoms with van der Waals surface area (Å²) in [4.78, 5) is 0. The van der Waals surface area contributed by atoms with Crippen molar-refractivity contribution in [2.75, 3.05) is 11.9 Å². The van der Waals surface area contributed by atoms with E-state index in [0.717, 1.165) is 24.2 Å². The van der Waals surface area contributed by atoms with Crippen LogP contribution in [0.15, 0.2) is 23.6 Å². The molecule has 0 saturated carbocycles. The SMILES string of the molecule is N/C(=C\S)c1ccc2c(c1)CCN2. The molecule has 1 aliphatic heterocycles. The molecule has 0 radical (unpaired) electrons. The largest absolute Gasteiger partial charge is 0.398 e. The molecule has 2 rings (SSSR count). The van der Waals surface area contributed by atoms with E-state index in [2.05, 4.69) is 30.1 Å². The number of thiol groups is 1. The van der Waals surface area contributed by atoms with Gasteiger partial charge >= 0.3 is 0 Å². The maximum atomic E-state index is 5.75. The summed E-state index contributed by atoms with van der Waals surface area (Å²) in [6.45, 7) is 1.03.